The van der Waals surface area contributed by atoms with E-state index in [4.69, 9.17) is 4.74 Å². The van der Waals surface area contributed by atoms with Gasteiger partial charge in [0.05, 0.1) is 12.6 Å². The summed E-state index contributed by atoms with van der Waals surface area (Å²) in [6, 6.07) is 9.60. The Bertz CT molecular complexity index is 393. The van der Waals surface area contributed by atoms with Crippen molar-refractivity contribution >= 4 is 5.91 Å². The quantitative estimate of drug-likeness (QED) is 0.652. The van der Waals surface area contributed by atoms with Gasteiger partial charge in [-0.15, -0.1) is 0 Å². The first-order chi connectivity index (χ1) is 10.1. The highest BCUT2D eigenvalue weighted by Gasteiger charge is 2.10. The number of carbonyl (C=O) groups is 1. The van der Waals surface area contributed by atoms with E-state index < -0.39 is 0 Å². The highest BCUT2D eigenvalue weighted by molar-refractivity contribution is 5.81. The van der Waals surface area contributed by atoms with E-state index in [9.17, 15) is 4.79 Å². The number of rotatable bonds is 10. The number of nitrogens with one attached hydrogen (secondary N) is 2. The van der Waals surface area contributed by atoms with Crippen molar-refractivity contribution in [2.24, 2.45) is 5.92 Å². The number of para-hydroxylation sites is 1. The normalized spacial score (nSPS) is 12.2. The average Bonchev–Trinajstić information content (AvgIpc) is 2.47. The third-order valence-corrected chi connectivity index (χ3v) is 3.20. The van der Waals surface area contributed by atoms with Crippen molar-refractivity contribution in [1.82, 2.24) is 10.6 Å². The summed E-state index contributed by atoms with van der Waals surface area (Å²) in [6.07, 6.45) is 1.89. The number of amides is 1. The summed E-state index contributed by atoms with van der Waals surface area (Å²) in [5.74, 6) is 1.57. The Balaban J connectivity index is 2.04. The summed E-state index contributed by atoms with van der Waals surface area (Å²) in [6.45, 7) is 8.37. The fourth-order valence-electron chi connectivity index (χ4n) is 1.83. The molecule has 0 saturated carbocycles. The lowest BCUT2D eigenvalue weighted by molar-refractivity contribution is -0.122. The number of hydrogen-bond donors (Lipinski definition) is 2. The lowest BCUT2D eigenvalue weighted by Gasteiger charge is -2.14. The lowest BCUT2D eigenvalue weighted by Crippen LogP contribution is -2.43. The van der Waals surface area contributed by atoms with Crippen molar-refractivity contribution in [1.29, 1.82) is 0 Å². The first kappa shape index (κ1) is 17.5. The van der Waals surface area contributed by atoms with E-state index in [-0.39, 0.29) is 11.9 Å². The predicted molar refractivity (Wildman–Crippen MR) is 86.5 cm³/mol. The van der Waals surface area contributed by atoms with Crippen LogP contribution < -0.4 is 15.4 Å². The van der Waals surface area contributed by atoms with Crippen molar-refractivity contribution in [2.45, 2.75) is 39.7 Å². The molecule has 0 saturated heterocycles. The van der Waals surface area contributed by atoms with Crippen LogP contribution in [0, 0.1) is 5.92 Å². The molecule has 1 rings (SSSR count). The van der Waals surface area contributed by atoms with Crippen molar-refractivity contribution in [2.75, 3.05) is 19.7 Å². The van der Waals surface area contributed by atoms with Gasteiger partial charge in [0.25, 0.3) is 0 Å². The van der Waals surface area contributed by atoms with Crippen molar-refractivity contribution in [3.05, 3.63) is 30.3 Å². The van der Waals surface area contributed by atoms with E-state index >= 15 is 0 Å². The maximum Gasteiger partial charge on any atom is 0.236 e. The smallest absolute Gasteiger partial charge is 0.236 e. The standard InChI is InChI=1S/C17H28N2O2/c1-14(2)10-12-19-17(20)15(3)18-11-7-13-21-16-8-5-4-6-9-16/h4-6,8-9,14-15,18H,7,10-13H2,1-3H3,(H,19,20). The molecular formula is C17H28N2O2. The summed E-state index contributed by atoms with van der Waals surface area (Å²) in [4.78, 5) is 11.8. The van der Waals surface area contributed by atoms with E-state index in [1.165, 1.54) is 0 Å². The van der Waals surface area contributed by atoms with Crippen molar-refractivity contribution in [3.63, 3.8) is 0 Å². The largest absolute Gasteiger partial charge is 0.494 e. The van der Waals surface area contributed by atoms with Crippen LogP contribution in [0.4, 0.5) is 0 Å². The van der Waals surface area contributed by atoms with Crippen LogP contribution in [0.3, 0.4) is 0 Å². The van der Waals surface area contributed by atoms with Crippen LogP contribution >= 0.6 is 0 Å². The molecule has 2 N–H and O–H groups in total. The maximum atomic E-state index is 11.8. The van der Waals surface area contributed by atoms with Crippen molar-refractivity contribution < 1.29 is 9.53 Å². The minimum Gasteiger partial charge on any atom is -0.494 e. The van der Waals surface area contributed by atoms with Gasteiger partial charge in [0, 0.05) is 6.54 Å². The van der Waals surface area contributed by atoms with Gasteiger partial charge in [-0.25, -0.2) is 0 Å². The Hall–Kier alpha value is -1.55. The molecular weight excluding hydrogens is 264 g/mol. The molecule has 0 heterocycles. The summed E-state index contributed by atoms with van der Waals surface area (Å²) in [7, 11) is 0. The second-order valence-electron chi connectivity index (χ2n) is 5.66. The molecule has 0 spiro atoms. The van der Waals surface area contributed by atoms with Crippen LogP contribution in [0.2, 0.25) is 0 Å². The topological polar surface area (TPSA) is 50.4 Å². The zero-order valence-corrected chi connectivity index (χ0v) is 13.4. The molecule has 21 heavy (non-hydrogen) atoms. The Morgan fingerprint density at radius 1 is 1.14 bits per heavy atom. The molecule has 1 amide bonds. The Morgan fingerprint density at radius 3 is 2.52 bits per heavy atom. The number of hydrogen-bond acceptors (Lipinski definition) is 3. The van der Waals surface area contributed by atoms with Gasteiger partial charge in [-0.1, -0.05) is 32.0 Å². The van der Waals surface area contributed by atoms with Crippen molar-refractivity contribution in [3.8, 4) is 5.75 Å². The van der Waals surface area contributed by atoms with Gasteiger partial charge in [-0.3, -0.25) is 4.79 Å². The zero-order chi connectivity index (χ0) is 15.5. The average molecular weight is 292 g/mol. The minimum atomic E-state index is -0.158. The van der Waals surface area contributed by atoms with E-state index in [1.807, 2.05) is 37.3 Å². The number of carbonyl (C=O) groups excluding carboxylic acids is 1. The molecule has 118 valence electrons. The summed E-state index contributed by atoms with van der Waals surface area (Å²) < 4.78 is 5.60. The first-order valence-electron chi connectivity index (χ1n) is 7.78. The third-order valence-electron chi connectivity index (χ3n) is 3.20. The SMILES string of the molecule is CC(C)CCNC(=O)C(C)NCCCOc1ccccc1. The molecule has 0 radical (unpaired) electrons. The van der Waals surface area contributed by atoms with Gasteiger partial charge in [0.2, 0.25) is 5.91 Å². The zero-order valence-electron chi connectivity index (χ0n) is 13.4. The molecule has 0 aliphatic heterocycles. The summed E-state index contributed by atoms with van der Waals surface area (Å²) in [5.41, 5.74) is 0. The third kappa shape index (κ3) is 8.35. The van der Waals surface area contributed by atoms with Gasteiger partial charge in [0.15, 0.2) is 0 Å². The van der Waals surface area contributed by atoms with Gasteiger partial charge in [-0.05, 0) is 44.4 Å². The molecule has 1 unspecified atom stereocenters. The van der Waals surface area contributed by atoms with Gasteiger partial charge < -0.3 is 15.4 Å². The molecule has 0 aliphatic rings. The Labute approximate surface area is 128 Å². The molecule has 4 nitrogen and oxygen atoms in total. The Kier molecular flexibility index (Phi) is 8.51. The van der Waals surface area contributed by atoms with Gasteiger partial charge in [-0.2, -0.15) is 0 Å². The molecule has 0 bridgehead atoms. The molecule has 0 fully saturated rings. The molecule has 0 aliphatic carbocycles. The summed E-state index contributed by atoms with van der Waals surface area (Å²) >= 11 is 0. The molecule has 1 aromatic rings. The van der Waals surface area contributed by atoms with Crippen LogP contribution in [-0.2, 0) is 4.79 Å². The summed E-state index contributed by atoms with van der Waals surface area (Å²) in [5, 5.41) is 6.16. The monoisotopic (exact) mass is 292 g/mol. The van der Waals surface area contributed by atoms with Crippen LogP contribution in [0.15, 0.2) is 30.3 Å². The number of benzene rings is 1. The van der Waals surface area contributed by atoms with Crippen LogP contribution in [0.5, 0.6) is 5.75 Å². The lowest BCUT2D eigenvalue weighted by atomic mass is 10.1. The van der Waals surface area contributed by atoms with Crippen LogP contribution in [0.1, 0.15) is 33.6 Å². The Morgan fingerprint density at radius 2 is 1.86 bits per heavy atom. The second kappa shape index (κ2) is 10.2. The maximum absolute atomic E-state index is 11.8. The number of ether oxygens (including phenoxy) is 1. The van der Waals surface area contributed by atoms with E-state index in [1.54, 1.807) is 0 Å². The molecule has 0 aromatic heterocycles. The fourth-order valence-corrected chi connectivity index (χ4v) is 1.83. The second-order valence-corrected chi connectivity index (χ2v) is 5.66. The van der Waals surface area contributed by atoms with Crippen LogP contribution in [0.25, 0.3) is 0 Å². The van der Waals surface area contributed by atoms with E-state index in [0.717, 1.165) is 31.7 Å². The van der Waals surface area contributed by atoms with E-state index in [0.29, 0.717) is 12.5 Å². The van der Waals surface area contributed by atoms with Gasteiger partial charge in [0.1, 0.15) is 5.75 Å². The fraction of sp³-hybridized carbons (Fsp3) is 0.588. The highest BCUT2D eigenvalue weighted by atomic mass is 16.5. The molecule has 4 heteroatoms. The minimum absolute atomic E-state index is 0.0691. The van der Waals surface area contributed by atoms with Crippen LogP contribution in [-0.4, -0.2) is 31.6 Å². The molecule has 1 aromatic carbocycles. The van der Waals surface area contributed by atoms with Gasteiger partial charge >= 0.3 is 0 Å². The predicted octanol–water partition coefficient (Wildman–Crippen LogP) is 2.60. The molecule has 1 atom stereocenters. The first-order valence-corrected chi connectivity index (χ1v) is 7.78. The van der Waals surface area contributed by atoms with E-state index in [2.05, 4.69) is 24.5 Å². The highest BCUT2D eigenvalue weighted by Crippen LogP contribution is 2.08.